The molecule has 2 rings (SSSR count). The van der Waals surface area contributed by atoms with Gasteiger partial charge in [0, 0.05) is 47.7 Å². The molecule has 1 aromatic carbocycles. The number of nitrogens with zero attached hydrogens (tertiary/aromatic N) is 2. The van der Waals surface area contributed by atoms with Crippen LogP contribution in [0, 0.1) is 0 Å². The first-order chi connectivity index (χ1) is 9.15. The Labute approximate surface area is 127 Å². The third kappa shape index (κ3) is 4.82. The second-order valence-electron chi connectivity index (χ2n) is 4.74. The van der Waals surface area contributed by atoms with Gasteiger partial charge in [0.1, 0.15) is 0 Å². The van der Waals surface area contributed by atoms with Gasteiger partial charge in [0.15, 0.2) is 0 Å². The molecule has 3 nitrogen and oxygen atoms in total. The molecule has 1 aliphatic rings. The minimum Gasteiger partial charge on any atom is -0.340 e. The summed E-state index contributed by atoms with van der Waals surface area (Å²) in [4.78, 5) is 17.5. The van der Waals surface area contributed by atoms with Crippen LogP contribution in [0.5, 0.6) is 0 Å². The van der Waals surface area contributed by atoms with E-state index in [-0.39, 0.29) is 5.91 Å². The van der Waals surface area contributed by atoms with Crippen molar-refractivity contribution >= 4 is 33.6 Å². The van der Waals surface area contributed by atoms with Crippen LogP contribution in [0.1, 0.15) is 6.42 Å². The first kappa shape index (κ1) is 14.9. The molecule has 0 radical (unpaired) electrons. The lowest BCUT2D eigenvalue weighted by molar-refractivity contribution is -0.132. The molecule has 0 N–H and O–H groups in total. The molecule has 0 spiro atoms. The lowest BCUT2D eigenvalue weighted by Crippen LogP contribution is -2.47. The molecule has 1 aliphatic heterocycles. The van der Waals surface area contributed by atoms with Crippen molar-refractivity contribution in [3.05, 3.63) is 28.7 Å². The van der Waals surface area contributed by atoms with Crippen molar-refractivity contribution in [1.29, 1.82) is 0 Å². The van der Waals surface area contributed by atoms with Gasteiger partial charge in [0.25, 0.3) is 0 Å². The number of hydrogen-bond acceptors (Lipinski definition) is 3. The van der Waals surface area contributed by atoms with Gasteiger partial charge in [-0.2, -0.15) is 0 Å². The Morgan fingerprint density at radius 3 is 2.74 bits per heavy atom. The Morgan fingerprint density at radius 1 is 1.32 bits per heavy atom. The standard InChI is InChI=1S/C14H19BrN2OS/c1-16-6-8-17(9-7-16)14(18)5-10-19-13-4-2-3-12(15)11-13/h2-4,11H,5-10H2,1H3. The fourth-order valence-corrected chi connectivity index (χ4v) is 3.48. The molecule has 1 saturated heterocycles. The molecule has 1 heterocycles. The summed E-state index contributed by atoms with van der Waals surface area (Å²) in [5.41, 5.74) is 0. The Bertz CT molecular complexity index is 433. The molecule has 0 bridgehead atoms. The average Bonchev–Trinajstić information content (AvgIpc) is 2.39. The third-order valence-electron chi connectivity index (χ3n) is 3.24. The first-order valence-electron chi connectivity index (χ1n) is 6.50. The van der Waals surface area contributed by atoms with E-state index in [0.29, 0.717) is 6.42 Å². The van der Waals surface area contributed by atoms with E-state index < -0.39 is 0 Å². The maximum absolute atomic E-state index is 12.0. The summed E-state index contributed by atoms with van der Waals surface area (Å²) in [6.45, 7) is 3.73. The molecule has 0 aliphatic carbocycles. The van der Waals surface area contributed by atoms with Gasteiger partial charge in [0.2, 0.25) is 5.91 Å². The third-order valence-corrected chi connectivity index (χ3v) is 4.73. The van der Waals surface area contributed by atoms with Crippen LogP contribution in [-0.4, -0.2) is 54.7 Å². The highest BCUT2D eigenvalue weighted by Gasteiger charge is 2.18. The van der Waals surface area contributed by atoms with Crippen molar-refractivity contribution in [1.82, 2.24) is 9.80 Å². The van der Waals surface area contributed by atoms with Gasteiger partial charge in [0.05, 0.1) is 0 Å². The highest BCUT2D eigenvalue weighted by Crippen LogP contribution is 2.22. The van der Waals surface area contributed by atoms with Crippen LogP contribution in [-0.2, 0) is 4.79 Å². The van der Waals surface area contributed by atoms with Crippen LogP contribution in [0.25, 0.3) is 0 Å². The summed E-state index contributed by atoms with van der Waals surface area (Å²) in [5.74, 6) is 1.14. The van der Waals surface area contributed by atoms with Crippen molar-refractivity contribution in [2.24, 2.45) is 0 Å². The fourth-order valence-electron chi connectivity index (χ4n) is 2.03. The number of rotatable bonds is 4. The van der Waals surface area contributed by atoms with Crippen LogP contribution >= 0.6 is 27.7 Å². The highest BCUT2D eigenvalue weighted by molar-refractivity contribution is 9.10. The number of hydrogen-bond donors (Lipinski definition) is 0. The maximum atomic E-state index is 12.0. The number of amides is 1. The van der Waals surface area contributed by atoms with Gasteiger partial charge < -0.3 is 9.80 Å². The van der Waals surface area contributed by atoms with Crippen molar-refractivity contribution in [3.8, 4) is 0 Å². The molecular weight excluding hydrogens is 324 g/mol. The van der Waals surface area contributed by atoms with E-state index in [0.717, 1.165) is 36.4 Å². The molecule has 104 valence electrons. The zero-order valence-corrected chi connectivity index (χ0v) is 13.5. The van der Waals surface area contributed by atoms with E-state index >= 15 is 0 Å². The van der Waals surface area contributed by atoms with E-state index in [1.807, 2.05) is 17.0 Å². The number of likely N-dealkylation sites (N-methyl/N-ethyl adjacent to an activating group) is 1. The highest BCUT2D eigenvalue weighted by atomic mass is 79.9. The Kier molecular flexibility index (Phi) is 5.73. The summed E-state index contributed by atoms with van der Waals surface area (Å²) in [6, 6.07) is 8.20. The van der Waals surface area contributed by atoms with Crippen LogP contribution in [0.2, 0.25) is 0 Å². The van der Waals surface area contributed by atoms with E-state index in [2.05, 4.69) is 40.0 Å². The lowest BCUT2D eigenvalue weighted by atomic mass is 10.3. The first-order valence-corrected chi connectivity index (χ1v) is 8.28. The number of carbonyl (C=O) groups excluding carboxylic acids is 1. The fraction of sp³-hybridized carbons (Fsp3) is 0.500. The Morgan fingerprint density at radius 2 is 2.05 bits per heavy atom. The van der Waals surface area contributed by atoms with Crippen molar-refractivity contribution in [2.45, 2.75) is 11.3 Å². The number of thioether (sulfide) groups is 1. The van der Waals surface area contributed by atoms with Crippen LogP contribution < -0.4 is 0 Å². The lowest BCUT2D eigenvalue weighted by Gasteiger charge is -2.32. The summed E-state index contributed by atoms with van der Waals surface area (Å²) in [7, 11) is 2.10. The minimum absolute atomic E-state index is 0.288. The topological polar surface area (TPSA) is 23.6 Å². The molecule has 0 saturated carbocycles. The number of halogens is 1. The summed E-state index contributed by atoms with van der Waals surface area (Å²) in [6.07, 6.45) is 0.626. The monoisotopic (exact) mass is 342 g/mol. The van der Waals surface area contributed by atoms with Gasteiger partial charge >= 0.3 is 0 Å². The SMILES string of the molecule is CN1CCN(C(=O)CCSc2cccc(Br)c2)CC1. The number of piperazine rings is 1. The second-order valence-corrected chi connectivity index (χ2v) is 6.82. The summed E-state index contributed by atoms with van der Waals surface area (Å²) in [5, 5.41) is 0. The van der Waals surface area contributed by atoms with E-state index in [4.69, 9.17) is 0 Å². The number of benzene rings is 1. The number of carbonyl (C=O) groups is 1. The van der Waals surface area contributed by atoms with Crippen LogP contribution in [0.15, 0.2) is 33.6 Å². The van der Waals surface area contributed by atoms with Gasteiger partial charge in [-0.3, -0.25) is 4.79 Å². The smallest absolute Gasteiger partial charge is 0.223 e. The van der Waals surface area contributed by atoms with Gasteiger partial charge in [-0.15, -0.1) is 11.8 Å². The normalized spacial score (nSPS) is 16.6. The molecule has 1 aromatic rings. The molecule has 1 amide bonds. The molecule has 5 heteroatoms. The zero-order valence-electron chi connectivity index (χ0n) is 11.1. The second kappa shape index (κ2) is 7.31. The Balaban J connectivity index is 1.72. The minimum atomic E-state index is 0.288. The van der Waals surface area contributed by atoms with Crippen LogP contribution in [0.3, 0.4) is 0 Å². The van der Waals surface area contributed by atoms with E-state index in [1.54, 1.807) is 11.8 Å². The van der Waals surface area contributed by atoms with Crippen LogP contribution in [0.4, 0.5) is 0 Å². The van der Waals surface area contributed by atoms with Crippen molar-refractivity contribution in [2.75, 3.05) is 39.0 Å². The summed E-state index contributed by atoms with van der Waals surface area (Å²) < 4.78 is 1.09. The molecule has 19 heavy (non-hydrogen) atoms. The molecule has 0 atom stereocenters. The van der Waals surface area contributed by atoms with Gasteiger partial charge in [-0.25, -0.2) is 0 Å². The predicted octanol–water partition coefficient (Wildman–Crippen LogP) is 2.71. The van der Waals surface area contributed by atoms with Crippen molar-refractivity contribution < 1.29 is 4.79 Å². The van der Waals surface area contributed by atoms with E-state index in [9.17, 15) is 4.79 Å². The molecule has 1 fully saturated rings. The van der Waals surface area contributed by atoms with Gasteiger partial charge in [-0.05, 0) is 25.2 Å². The van der Waals surface area contributed by atoms with Crippen molar-refractivity contribution in [3.63, 3.8) is 0 Å². The largest absolute Gasteiger partial charge is 0.340 e. The molecule has 0 unspecified atom stereocenters. The maximum Gasteiger partial charge on any atom is 0.223 e. The average molecular weight is 343 g/mol. The molecular formula is C14H19BrN2OS. The van der Waals surface area contributed by atoms with Gasteiger partial charge in [-0.1, -0.05) is 22.0 Å². The summed E-state index contributed by atoms with van der Waals surface area (Å²) >= 11 is 5.20. The Hall–Kier alpha value is -0.520. The van der Waals surface area contributed by atoms with E-state index in [1.165, 1.54) is 4.90 Å². The predicted molar refractivity (Wildman–Crippen MR) is 83.6 cm³/mol. The quantitative estimate of drug-likeness (QED) is 0.786. The molecule has 0 aromatic heterocycles. The zero-order chi connectivity index (χ0) is 13.7.